The first-order valence-electron chi connectivity index (χ1n) is 25.2. The summed E-state index contributed by atoms with van der Waals surface area (Å²) in [6.07, 6.45) is 0. The number of aryl methyl sites for hydroxylation is 3. The zero-order valence-electron chi connectivity index (χ0n) is 54.1. The minimum Gasteiger partial charge on any atom is -0.870 e. The molecule has 0 bridgehead atoms. The Hall–Kier alpha value is -2.72. The smallest absolute Gasteiger partial charge is 0.870 e. The molecule has 9 rings (SSSR count). The number of anilines is 7. The van der Waals surface area contributed by atoms with Gasteiger partial charge in [-0.1, -0.05) is 5.75 Å². The SMILES string of the molecule is Cc1cc(S(=O)(=O)[O-])ccc1Nc1nc(=Nc2ccc(S(=O)(=O)[O-])c(N=Nc3c(S(=O)(=O)O)cc4cc(S(=O)(=O)[O-])c(N=Nc5cc(N=c6nc(Cl)nc(Nc7ccc(S(=O)(=O)[O-])cc7C)[nH]6)ccc5S(=O)(=O)[O-])c(N)c4c3[O-])c2)nc(Nc2ccc(S(=O)(=O)[O-])cc2C)[nH]1.[Na+].[Na+].[Na+].[Na+].[Na+].[Na+].[Na+]. The molecule has 0 spiro atoms. The van der Waals surface area contributed by atoms with E-state index in [2.05, 4.69) is 76.3 Å². The summed E-state index contributed by atoms with van der Waals surface area (Å²) in [6.45, 7) is 4.26. The number of benzene rings is 7. The van der Waals surface area contributed by atoms with Crippen LogP contribution in [0.5, 0.6) is 5.75 Å². The van der Waals surface area contributed by atoms with E-state index in [1.165, 1.54) is 39.0 Å². The van der Waals surface area contributed by atoms with Crippen LogP contribution in [-0.2, 0) is 70.8 Å². The van der Waals surface area contributed by atoms with E-state index in [0.717, 1.165) is 54.6 Å². The van der Waals surface area contributed by atoms with Crippen LogP contribution >= 0.6 is 11.6 Å². The van der Waals surface area contributed by atoms with Crippen molar-refractivity contribution in [1.82, 2.24) is 29.9 Å². The fourth-order valence-corrected chi connectivity index (χ4v) is 12.8. The molecule has 8 N–H and O–H groups in total. The first-order valence-corrected chi connectivity index (χ1v) is 35.5. The molecule has 53 heteroatoms. The van der Waals surface area contributed by atoms with Crippen molar-refractivity contribution in [3.8, 4) is 5.75 Å². The summed E-state index contributed by atoms with van der Waals surface area (Å²) in [5, 5.41) is 35.0. The number of nitrogen functional groups attached to an aromatic ring is 1. The first kappa shape index (κ1) is 95.4. The van der Waals surface area contributed by atoms with Crippen LogP contribution < -0.4 is 245 Å². The number of hydrogen-bond donors (Lipinski definition) is 7. The summed E-state index contributed by atoms with van der Waals surface area (Å²) in [7, 11) is -37.4. The minimum absolute atomic E-state index is 0. The van der Waals surface area contributed by atoms with E-state index in [1.54, 1.807) is 0 Å². The fourth-order valence-electron chi connectivity index (χ4n) is 8.47. The van der Waals surface area contributed by atoms with Gasteiger partial charge in [-0.05, 0) is 158 Å². The molecular weight excluding hydrogens is 1590 g/mol. The molecule has 0 radical (unpaired) electrons. The first-order chi connectivity index (χ1) is 43.9. The molecule has 102 heavy (non-hydrogen) atoms. The Labute approximate surface area is 738 Å². The second-order valence-electron chi connectivity index (χ2n) is 19.4. The number of aromatic amines is 2. The molecule has 0 atom stereocenters. The maximum absolute atomic E-state index is 14.5. The third-order valence-corrected chi connectivity index (χ3v) is 18.9. The van der Waals surface area contributed by atoms with Gasteiger partial charge in [0.25, 0.3) is 15.7 Å². The van der Waals surface area contributed by atoms with Crippen molar-refractivity contribution in [2.45, 2.75) is 55.0 Å². The van der Waals surface area contributed by atoms with Crippen molar-refractivity contribution >= 4 is 168 Å². The summed E-state index contributed by atoms with van der Waals surface area (Å²) in [6, 6.07) is 14.9. The molecule has 0 amide bonds. The van der Waals surface area contributed by atoms with Gasteiger partial charge in [0.05, 0.1) is 52.1 Å². The Morgan fingerprint density at radius 1 is 0.441 bits per heavy atom. The standard InChI is InChI=1S/C49H41ClN16O22S7.7Na/c1-21-14-27(89(68,69)70)6-9-30(21)54-47-58-44(50)57-45(59-47)52-25-4-12-35(92(77,78)79)33(19-25)63-65-41-37(94(83,84)85)17-24-18-38(95(86,87)88)42(43(67)39(24)40(41)51)66-64-34-20-26(5-13-36(34)93(80,81)82)53-46-60-48(55-31-10-7-28(15-22(31)2)90(71,72)73)62-49(61-46)56-32-11-8-29(16-23(32)3)91(74,75)76;;;;;;;/h4-20,67H,51H2,1-3H3,(H,68,69,70)(H,71,72,73)(H,74,75,76)(H,77,78,79)(H,80,81,82)(H,83,84,85)(H,86,87,88)(H2,52,54,57,58,59)(H3,53,55,56,60,61,62);;;;;;;/q;7*+1/p-7. The van der Waals surface area contributed by atoms with Gasteiger partial charge >= 0.3 is 207 Å². The van der Waals surface area contributed by atoms with Crippen molar-refractivity contribution in [2.24, 2.45) is 30.4 Å². The predicted molar refractivity (Wildman–Crippen MR) is 318 cm³/mol. The number of nitrogens with two attached hydrogens (primary N) is 1. The normalized spacial score (nSPS) is 12.1. The van der Waals surface area contributed by atoms with Gasteiger partial charge in [0.2, 0.25) is 28.7 Å². The van der Waals surface area contributed by atoms with Crippen LogP contribution in [0, 0.1) is 20.8 Å². The van der Waals surface area contributed by atoms with Gasteiger partial charge in [0, 0.05) is 22.4 Å². The largest absolute Gasteiger partial charge is 1.00 e. The molecule has 0 fully saturated rings. The van der Waals surface area contributed by atoms with Gasteiger partial charge in [-0.2, -0.15) is 28.4 Å². The second kappa shape index (κ2) is 37.1. The summed E-state index contributed by atoms with van der Waals surface area (Å²) in [4.78, 5) is 22.9. The molecule has 0 aliphatic carbocycles. The maximum atomic E-state index is 14.5. The third kappa shape index (κ3) is 23.9. The average molecular weight is 1620 g/mol. The topological polar surface area (TPSA) is 640 Å². The van der Waals surface area contributed by atoms with Gasteiger partial charge in [-0.25, -0.2) is 60.5 Å². The van der Waals surface area contributed by atoms with Crippen molar-refractivity contribution in [1.29, 1.82) is 0 Å². The van der Waals surface area contributed by atoms with Crippen LogP contribution in [0.15, 0.2) is 168 Å². The summed E-state index contributed by atoms with van der Waals surface area (Å²) >= 11 is 6.12. The van der Waals surface area contributed by atoms with E-state index in [9.17, 15) is 95.9 Å². The van der Waals surface area contributed by atoms with E-state index in [1.807, 2.05) is 0 Å². The number of nitrogens with one attached hydrogen (secondary N) is 5. The zero-order valence-corrected chi connectivity index (χ0v) is 74.6. The van der Waals surface area contributed by atoms with E-state index < -0.39 is 172 Å². The monoisotopic (exact) mass is 1620 g/mol. The number of halogens is 1. The number of aromatic nitrogens is 6. The van der Waals surface area contributed by atoms with Crippen LogP contribution in [-0.4, -0.2) is 121 Å². The summed E-state index contributed by atoms with van der Waals surface area (Å²) in [5.41, 5.74) is -0.249. The maximum Gasteiger partial charge on any atom is 1.00 e. The van der Waals surface area contributed by atoms with E-state index in [-0.39, 0.29) is 264 Å². The van der Waals surface area contributed by atoms with Crippen molar-refractivity contribution in [3.05, 3.63) is 136 Å². The number of hydrogen-bond acceptors (Lipinski definition) is 35. The molecule has 0 aliphatic rings. The molecular formula is C49H34ClN16Na7O22S7. The van der Waals surface area contributed by atoms with Gasteiger partial charge in [-0.3, -0.25) is 14.5 Å². The number of nitrogens with zero attached hydrogens (tertiary/aromatic N) is 10. The molecule has 9 aromatic rings. The van der Waals surface area contributed by atoms with Crippen molar-refractivity contribution < 1.29 is 303 Å². The minimum atomic E-state index is -5.88. The number of azo groups is 2. The molecule has 0 saturated carbocycles. The average Bonchev–Trinajstić information content (AvgIpc) is 0.739. The number of rotatable bonds is 19. The number of fused-ring (bicyclic) bond motifs is 1. The van der Waals surface area contributed by atoms with Crippen LogP contribution in [0.3, 0.4) is 0 Å². The Morgan fingerprint density at radius 3 is 1.19 bits per heavy atom. The Kier molecular flexibility index (Phi) is 34.7. The molecule has 498 valence electrons. The van der Waals surface area contributed by atoms with E-state index in [4.69, 9.17) is 17.3 Å². The van der Waals surface area contributed by atoms with E-state index >= 15 is 0 Å². The van der Waals surface area contributed by atoms with Crippen LogP contribution in [0.4, 0.5) is 74.7 Å². The van der Waals surface area contributed by atoms with Gasteiger partial charge < -0.3 is 54.1 Å². The molecule has 2 heterocycles. The Bertz CT molecular complexity index is 5780. The zero-order chi connectivity index (χ0) is 69.9. The number of H-pyrrole nitrogens is 2. The predicted octanol–water partition coefficient (Wildman–Crippen LogP) is -16.5. The van der Waals surface area contributed by atoms with Crippen LogP contribution in [0.1, 0.15) is 16.7 Å². The Balaban J connectivity index is 0.00000505. The summed E-state index contributed by atoms with van der Waals surface area (Å²) < 4.78 is 255. The molecule has 7 aromatic carbocycles. The van der Waals surface area contributed by atoms with Crippen molar-refractivity contribution in [2.75, 3.05) is 21.7 Å². The van der Waals surface area contributed by atoms with Crippen LogP contribution in [0.2, 0.25) is 5.28 Å². The van der Waals surface area contributed by atoms with Gasteiger partial charge in [0.15, 0.2) is 0 Å². The molecule has 0 unspecified atom stereocenters. The van der Waals surface area contributed by atoms with Crippen molar-refractivity contribution in [3.63, 3.8) is 0 Å². The van der Waals surface area contributed by atoms with Gasteiger partial charge in [0.1, 0.15) is 82.7 Å². The quantitative estimate of drug-likeness (QED) is 0.0171. The van der Waals surface area contributed by atoms with E-state index in [0.29, 0.717) is 30.3 Å². The second-order valence-corrected chi connectivity index (χ2v) is 29.3. The third-order valence-electron chi connectivity index (χ3n) is 12.8. The molecule has 38 nitrogen and oxygen atoms in total. The van der Waals surface area contributed by atoms with Crippen LogP contribution in [0.25, 0.3) is 10.8 Å². The Morgan fingerprint density at radius 2 is 0.814 bits per heavy atom. The molecule has 2 aromatic heterocycles. The van der Waals surface area contributed by atoms with Gasteiger partial charge in [-0.15, -0.1) is 20.5 Å². The molecule has 0 aliphatic heterocycles. The fraction of sp³-hybridized carbons (Fsp3) is 0.0612. The molecule has 0 saturated heterocycles. The summed E-state index contributed by atoms with van der Waals surface area (Å²) in [5.74, 6) is -2.45.